The number of fused-ring (bicyclic) bond motifs is 3. The highest BCUT2D eigenvalue weighted by atomic mass is 16.2. The maximum atomic E-state index is 13.1. The molecule has 3 aromatic carbocycles. The second kappa shape index (κ2) is 8.51. The summed E-state index contributed by atoms with van der Waals surface area (Å²) in [5.41, 5.74) is 5.70. The summed E-state index contributed by atoms with van der Waals surface area (Å²) < 4.78 is 2.06. The van der Waals surface area contributed by atoms with E-state index in [0.717, 1.165) is 45.0 Å². The van der Waals surface area contributed by atoms with Gasteiger partial charge in [0.1, 0.15) is 0 Å². The van der Waals surface area contributed by atoms with Crippen molar-refractivity contribution in [1.29, 1.82) is 0 Å². The van der Waals surface area contributed by atoms with E-state index in [1.54, 1.807) is 0 Å². The molecule has 1 aliphatic heterocycles. The minimum absolute atomic E-state index is 0.0783. The Bertz CT molecular complexity index is 1550. The van der Waals surface area contributed by atoms with Crippen molar-refractivity contribution in [3.63, 3.8) is 0 Å². The summed E-state index contributed by atoms with van der Waals surface area (Å²) in [4.78, 5) is 22.3. The van der Waals surface area contributed by atoms with Crippen LogP contribution >= 0.6 is 0 Å². The highest BCUT2D eigenvalue weighted by Gasteiger charge is 2.26. The van der Waals surface area contributed by atoms with Gasteiger partial charge in [-0.15, -0.1) is 10.2 Å². The minimum atomic E-state index is 0.0783. The molecule has 0 N–H and O–H groups in total. The summed E-state index contributed by atoms with van der Waals surface area (Å²) in [5, 5.41) is 10.1. The fraction of sp³-hybridized carbons (Fsp3) is 0.214. The Kier molecular flexibility index (Phi) is 5.17. The third kappa shape index (κ3) is 3.79. The zero-order valence-corrected chi connectivity index (χ0v) is 19.8. The molecule has 0 unspecified atom stereocenters. The van der Waals surface area contributed by atoms with Crippen LogP contribution in [0, 0.1) is 13.8 Å². The summed E-state index contributed by atoms with van der Waals surface area (Å²) in [6, 6.07) is 24.1. The van der Waals surface area contributed by atoms with E-state index in [2.05, 4.69) is 50.7 Å². The van der Waals surface area contributed by atoms with Crippen molar-refractivity contribution >= 4 is 28.4 Å². The summed E-state index contributed by atoms with van der Waals surface area (Å²) in [7, 11) is 0. The molecule has 1 amide bonds. The molecule has 0 aliphatic carbocycles. The molecule has 1 fully saturated rings. The predicted octanol–water partition coefficient (Wildman–Crippen LogP) is 4.52. The van der Waals surface area contributed by atoms with Crippen molar-refractivity contribution in [3.05, 3.63) is 89.5 Å². The number of amides is 1. The Morgan fingerprint density at radius 2 is 1.57 bits per heavy atom. The van der Waals surface area contributed by atoms with Crippen molar-refractivity contribution in [2.24, 2.45) is 0 Å². The van der Waals surface area contributed by atoms with Crippen LogP contribution in [0.1, 0.15) is 21.5 Å². The molecule has 1 saturated heterocycles. The number of aryl methyl sites for hydroxylation is 2. The number of benzene rings is 3. The maximum Gasteiger partial charge on any atom is 0.253 e. The summed E-state index contributed by atoms with van der Waals surface area (Å²) >= 11 is 0. The van der Waals surface area contributed by atoms with Crippen molar-refractivity contribution in [2.45, 2.75) is 13.8 Å². The van der Waals surface area contributed by atoms with Gasteiger partial charge in [-0.05, 0) is 38.1 Å². The lowest BCUT2D eigenvalue weighted by molar-refractivity contribution is 0.0746. The monoisotopic (exact) mass is 462 g/mol. The van der Waals surface area contributed by atoms with E-state index in [1.165, 1.54) is 5.56 Å². The van der Waals surface area contributed by atoms with Crippen molar-refractivity contribution in [1.82, 2.24) is 24.5 Å². The van der Waals surface area contributed by atoms with E-state index >= 15 is 0 Å². The number of para-hydroxylation sites is 1. The number of rotatable bonds is 3. The number of nitrogens with zero attached hydrogens (tertiary/aromatic N) is 6. The highest BCUT2D eigenvalue weighted by Crippen LogP contribution is 2.29. The Morgan fingerprint density at radius 3 is 2.34 bits per heavy atom. The van der Waals surface area contributed by atoms with Gasteiger partial charge >= 0.3 is 0 Å². The molecule has 174 valence electrons. The van der Waals surface area contributed by atoms with E-state index in [9.17, 15) is 4.79 Å². The number of hydrogen-bond acceptors (Lipinski definition) is 5. The number of carbonyl (C=O) groups is 1. The first kappa shape index (κ1) is 21.3. The third-order valence-corrected chi connectivity index (χ3v) is 6.65. The van der Waals surface area contributed by atoms with Gasteiger partial charge in [-0.1, -0.05) is 59.7 Å². The van der Waals surface area contributed by atoms with Crippen LogP contribution in [-0.2, 0) is 0 Å². The van der Waals surface area contributed by atoms with E-state index in [4.69, 9.17) is 4.98 Å². The van der Waals surface area contributed by atoms with Gasteiger partial charge in [-0.25, -0.2) is 9.38 Å². The first-order valence-electron chi connectivity index (χ1n) is 11.9. The summed E-state index contributed by atoms with van der Waals surface area (Å²) in [6.07, 6.45) is 0. The predicted molar refractivity (Wildman–Crippen MR) is 138 cm³/mol. The van der Waals surface area contributed by atoms with Crippen LogP contribution in [0.4, 0.5) is 5.95 Å². The van der Waals surface area contributed by atoms with Gasteiger partial charge in [0.15, 0.2) is 11.5 Å². The molecule has 2 aromatic heterocycles. The van der Waals surface area contributed by atoms with Crippen LogP contribution in [0.3, 0.4) is 0 Å². The molecule has 1 aliphatic rings. The van der Waals surface area contributed by atoms with Crippen molar-refractivity contribution in [3.8, 4) is 11.4 Å². The standard InChI is InChI=1S/C28H26N6O/c1-19-10-12-21(13-11-19)25-30-31-26-23-8-3-4-9-24(23)29-28(34(25)26)33-16-14-32(15-17-33)27(35)22-7-5-6-20(2)18-22/h3-13,18H,14-17H2,1-2H3. The number of anilines is 1. The van der Waals surface area contributed by atoms with Gasteiger partial charge < -0.3 is 9.80 Å². The molecule has 0 saturated carbocycles. The van der Waals surface area contributed by atoms with Crippen LogP contribution in [0.15, 0.2) is 72.8 Å². The molecule has 0 radical (unpaired) electrons. The normalized spacial score (nSPS) is 14.1. The van der Waals surface area contributed by atoms with E-state index in [-0.39, 0.29) is 5.91 Å². The Balaban J connectivity index is 1.38. The lowest BCUT2D eigenvalue weighted by atomic mass is 10.1. The number of carbonyl (C=O) groups excluding carboxylic acids is 1. The van der Waals surface area contributed by atoms with Crippen LogP contribution in [0.2, 0.25) is 0 Å². The maximum absolute atomic E-state index is 13.1. The molecule has 7 nitrogen and oxygen atoms in total. The molecule has 35 heavy (non-hydrogen) atoms. The molecule has 0 atom stereocenters. The van der Waals surface area contributed by atoms with Crippen molar-refractivity contribution < 1.29 is 4.79 Å². The molecule has 3 heterocycles. The Morgan fingerprint density at radius 1 is 0.800 bits per heavy atom. The second-order valence-electron chi connectivity index (χ2n) is 9.13. The molecular formula is C28H26N6O. The highest BCUT2D eigenvalue weighted by molar-refractivity contribution is 5.95. The molecule has 0 spiro atoms. The lowest BCUT2D eigenvalue weighted by Crippen LogP contribution is -2.49. The number of hydrogen-bond donors (Lipinski definition) is 0. The lowest BCUT2D eigenvalue weighted by Gasteiger charge is -2.35. The van der Waals surface area contributed by atoms with Gasteiger partial charge in [-0.2, -0.15) is 0 Å². The second-order valence-corrected chi connectivity index (χ2v) is 9.13. The fourth-order valence-electron chi connectivity index (χ4n) is 4.74. The largest absolute Gasteiger partial charge is 0.338 e. The first-order valence-corrected chi connectivity index (χ1v) is 11.9. The van der Waals surface area contributed by atoms with E-state index in [0.29, 0.717) is 26.2 Å². The molecule has 0 bridgehead atoms. The summed E-state index contributed by atoms with van der Waals surface area (Å²) in [5.74, 6) is 1.66. The average Bonchev–Trinajstić information content (AvgIpc) is 3.34. The topological polar surface area (TPSA) is 66.6 Å². The molecule has 5 aromatic rings. The van der Waals surface area contributed by atoms with E-state index in [1.807, 2.05) is 60.4 Å². The smallest absolute Gasteiger partial charge is 0.253 e. The van der Waals surface area contributed by atoms with Crippen LogP contribution in [0.5, 0.6) is 0 Å². The first-order chi connectivity index (χ1) is 17.1. The quantitative estimate of drug-likeness (QED) is 0.394. The Hall–Kier alpha value is -4.26. The van der Waals surface area contributed by atoms with Gasteiger partial charge in [0.2, 0.25) is 5.95 Å². The van der Waals surface area contributed by atoms with Gasteiger partial charge in [0.05, 0.1) is 5.52 Å². The SMILES string of the molecule is Cc1ccc(-c2nnc3c4ccccc4nc(N4CCN(C(=O)c5cccc(C)c5)CC4)n23)cc1. The molecular weight excluding hydrogens is 436 g/mol. The minimum Gasteiger partial charge on any atom is -0.338 e. The Labute approximate surface area is 203 Å². The van der Waals surface area contributed by atoms with Crippen LogP contribution < -0.4 is 4.90 Å². The summed E-state index contributed by atoms with van der Waals surface area (Å²) in [6.45, 7) is 6.71. The fourth-order valence-corrected chi connectivity index (χ4v) is 4.74. The van der Waals surface area contributed by atoms with Crippen LogP contribution in [0.25, 0.3) is 27.9 Å². The zero-order valence-electron chi connectivity index (χ0n) is 19.8. The molecule has 7 heteroatoms. The van der Waals surface area contributed by atoms with Gasteiger partial charge in [0, 0.05) is 42.7 Å². The van der Waals surface area contributed by atoms with E-state index < -0.39 is 0 Å². The van der Waals surface area contributed by atoms with Crippen molar-refractivity contribution in [2.75, 3.05) is 31.1 Å². The molecule has 6 rings (SSSR count). The van der Waals surface area contributed by atoms with Gasteiger partial charge in [-0.3, -0.25) is 4.79 Å². The third-order valence-electron chi connectivity index (χ3n) is 6.65. The van der Waals surface area contributed by atoms with Crippen LogP contribution in [-0.4, -0.2) is 56.6 Å². The average molecular weight is 463 g/mol. The number of piperazine rings is 1. The van der Waals surface area contributed by atoms with Gasteiger partial charge in [0.25, 0.3) is 5.91 Å². The zero-order chi connectivity index (χ0) is 23.9. The number of aromatic nitrogens is 4.